The van der Waals surface area contributed by atoms with E-state index in [0.29, 0.717) is 6.10 Å². The molecule has 0 spiro atoms. The van der Waals surface area contributed by atoms with Crippen molar-refractivity contribution in [3.63, 3.8) is 0 Å². The molecule has 0 saturated carbocycles. The van der Waals surface area contributed by atoms with E-state index in [1.807, 2.05) is 0 Å². The van der Waals surface area contributed by atoms with Crippen LogP contribution in [0, 0.1) is 0 Å². The van der Waals surface area contributed by atoms with Crippen molar-refractivity contribution < 1.29 is 4.74 Å². The number of hydrogen-bond acceptors (Lipinski definition) is 3. The highest BCUT2D eigenvalue weighted by atomic mass is 16.5. The number of piperidine rings is 2. The summed E-state index contributed by atoms with van der Waals surface area (Å²) in [6, 6.07) is 1.54. The first-order valence-electron chi connectivity index (χ1n) is 7.85. The molecule has 0 radical (unpaired) electrons. The minimum Gasteiger partial charge on any atom is -0.378 e. The maximum absolute atomic E-state index is 5.98. The van der Waals surface area contributed by atoms with E-state index in [-0.39, 0.29) is 0 Å². The van der Waals surface area contributed by atoms with E-state index in [1.54, 1.807) is 0 Å². The molecule has 3 nitrogen and oxygen atoms in total. The third-order valence-corrected chi connectivity index (χ3v) is 4.58. The van der Waals surface area contributed by atoms with Gasteiger partial charge >= 0.3 is 0 Å². The number of nitrogens with one attached hydrogen (secondary N) is 1. The Hall–Kier alpha value is -0.120. The molecule has 0 bridgehead atoms. The summed E-state index contributed by atoms with van der Waals surface area (Å²) in [5.41, 5.74) is 0. The van der Waals surface area contributed by atoms with Crippen molar-refractivity contribution in [3.05, 3.63) is 0 Å². The Balaban J connectivity index is 1.59. The van der Waals surface area contributed by atoms with Crippen LogP contribution in [-0.4, -0.2) is 49.3 Å². The zero-order chi connectivity index (χ0) is 12.8. The molecule has 0 aromatic carbocycles. The van der Waals surface area contributed by atoms with Gasteiger partial charge in [-0.15, -0.1) is 0 Å². The number of nitrogens with zero attached hydrogens (tertiary/aromatic N) is 1. The lowest BCUT2D eigenvalue weighted by Gasteiger charge is -2.39. The molecule has 2 unspecified atom stereocenters. The van der Waals surface area contributed by atoms with Gasteiger partial charge in [-0.25, -0.2) is 0 Å². The average Bonchev–Trinajstić information content (AvgIpc) is 2.38. The maximum atomic E-state index is 5.98. The van der Waals surface area contributed by atoms with Gasteiger partial charge in [-0.1, -0.05) is 6.42 Å². The number of rotatable bonds is 5. The molecule has 0 aliphatic carbocycles. The minimum absolute atomic E-state index is 0.516. The van der Waals surface area contributed by atoms with Crippen LogP contribution in [-0.2, 0) is 4.74 Å². The first kappa shape index (κ1) is 14.3. The van der Waals surface area contributed by atoms with E-state index < -0.39 is 0 Å². The van der Waals surface area contributed by atoms with Gasteiger partial charge in [-0.3, -0.25) is 4.90 Å². The van der Waals surface area contributed by atoms with Gasteiger partial charge in [-0.05, 0) is 59.0 Å². The van der Waals surface area contributed by atoms with E-state index >= 15 is 0 Å². The quantitative estimate of drug-likeness (QED) is 0.763. The smallest absolute Gasteiger partial charge is 0.0599 e. The molecule has 3 heteroatoms. The lowest BCUT2D eigenvalue weighted by atomic mass is 9.97. The highest BCUT2D eigenvalue weighted by Crippen LogP contribution is 2.22. The Morgan fingerprint density at radius 2 is 1.72 bits per heavy atom. The van der Waals surface area contributed by atoms with E-state index in [1.165, 1.54) is 45.1 Å². The highest BCUT2D eigenvalue weighted by Gasteiger charge is 2.23. The highest BCUT2D eigenvalue weighted by molar-refractivity contribution is 4.79. The summed E-state index contributed by atoms with van der Waals surface area (Å²) in [7, 11) is 0. The Bertz CT molecular complexity index is 219. The van der Waals surface area contributed by atoms with Gasteiger partial charge in [0.25, 0.3) is 0 Å². The predicted octanol–water partition coefficient (Wildman–Crippen LogP) is 2.41. The minimum atomic E-state index is 0.516. The second kappa shape index (κ2) is 7.46. The zero-order valence-corrected chi connectivity index (χ0v) is 12.2. The fourth-order valence-electron chi connectivity index (χ4n) is 3.37. The molecule has 2 aliphatic rings. The monoisotopic (exact) mass is 254 g/mol. The Morgan fingerprint density at radius 1 is 1.06 bits per heavy atom. The zero-order valence-electron chi connectivity index (χ0n) is 12.2. The largest absolute Gasteiger partial charge is 0.378 e. The molecule has 2 rings (SSSR count). The number of likely N-dealkylation sites (tertiary alicyclic amines) is 1. The van der Waals surface area contributed by atoms with Crippen LogP contribution >= 0.6 is 0 Å². The van der Waals surface area contributed by atoms with E-state index in [0.717, 1.165) is 31.8 Å². The molecule has 0 aromatic heterocycles. The van der Waals surface area contributed by atoms with Crippen molar-refractivity contribution >= 4 is 0 Å². The van der Waals surface area contributed by atoms with Crippen LogP contribution in [0.4, 0.5) is 0 Å². The summed E-state index contributed by atoms with van der Waals surface area (Å²) in [4.78, 5) is 2.68. The average molecular weight is 254 g/mol. The van der Waals surface area contributed by atoms with Crippen molar-refractivity contribution in [2.24, 2.45) is 0 Å². The van der Waals surface area contributed by atoms with Gasteiger partial charge in [0, 0.05) is 25.2 Å². The summed E-state index contributed by atoms with van der Waals surface area (Å²) >= 11 is 0. The second-order valence-electron chi connectivity index (χ2n) is 6.04. The van der Waals surface area contributed by atoms with Crippen molar-refractivity contribution in [1.82, 2.24) is 10.2 Å². The van der Waals surface area contributed by atoms with Gasteiger partial charge in [0.2, 0.25) is 0 Å². The fraction of sp³-hybridized carbons (Fsp3) is 1.00. The lowest BCUT2D eigenvalue weighted by Crippen LogP contribution is -2.44. The Kier molecular flexibility index (Phi) is 5.93. The third-order valence-electron chi connectivity index (χ3n) is 4.58. The summed E-state index contributed by atoms with van der Waals surface area (Å²) in [5, 5.41) is 3.38. The third kappa shape index (κ3) is 4.22. The van der Waals surface area contributed by atoms with Crippen LogP contribution in [0.2, 0.25) is 0 Å². The van der Waals surface area contributed by atoms with Crippen LogP contribution in [0.3, 0.4) is 0 Å². The number of hydrogen-bond donors (Lipinski definition) is 1. The second-order valence-corrected chi connectivity index (χ2v) is 6.04. The van der Waals surface area contributed by atoms with Crippen LogP contribution < -0.4 is 5.32 Å². The molecule has 0 amide bonds. The Morgan fingerprint density at radius 3 is 2.39 bits per heavy atom. The molecule has 2 fully saturated rings. The van der Waals surface area contributed by atoms with E-state index in [2.05, 4.69) is 24.1 Å². The van der Waals surface area contributed by atoms with Gasteiger partial charge in [0.05, 0.1) is 6.10 Å². The summed E-state index contributed by atoms with van der Waals surface area (Å²) < 4.78 is 5.98. The summed E-state index contributed by atoms with van der Waals surface area (Å²) in [6.45, 7) is 9.18. The fourth-order valence-corrected chi connectivity index (χ4v) is 3.37. The Labute approximate surface area is 112 Å². The molecular formula is C15H30N2O. The van der Waals surface area contributed by atoms with Crippen molar-refractivity contribution in [1.29, 1.82) is 0 Å². The maximum Gasteiger partial charge on any atom is 0.0599 e. The van der Waals surface area contributed by atoms with Crippen molar-refractivity contribution in [3.8, 4) is 0 Å². The first-order valence-corrected chi connectivity index (χ1v) is 7.85. The molecule has 2 atom stereocenters. The van der Waals surface area contributed by atoms with Crippen LogP contribution in [0.5, 0.6) is 0 Å². The summed E-state index contributed by atoms with van der Waals surface area (Å²) in [5.74, 6) is 0. The predicted molar refractivity (Wildman–Crippen MR) is 75.9 cm³/mol. The molecular weight excluding hydrogens is 224 g/mol. The molecule has 2 heterocycles. The SMILES string of the molecule is CC1CCCC(C)N1CCCOC1CCNCC1. The van der Waals surface area contributed by atoms with E-state index in [4.69, 9.17) is 4.74 Å². The van der Waals surface area contributed by atoms with E-state index in [9.17, 15) is 0 Å². The molecule has 1 N–H and O–H groups in total. The molecule has 0 aromatic rings. The lowest BCUT2D eigenvalue weighted by molar-refractivity contribution is 0.0199. The molecule has 2 saturated heterocycles. The van der Waals surface area contributed by atoms with Gasteiger partial charge < -0.3 is 10.1 Å². The topological polar surface area (TPSA) is 24.5 Å². The van der Waals surface area contributed by atoms with Crippen LogP contribution in [0.1, 0.15) is 52.4 Å². The normalized spacial score (nSPS) is 31.7. The molecule has 106 valence electrons. The first-order chi connectivity index (χ1) is 8.77. The number of ether oxygens (including phenoxy) is 1. The van der Waals surface area contributed by atoms with Gasteiger partial charge in [0.15, 0.2) is 0 Å². The standard InChI is InChI=1S/C15H30N2O/c1-13-5-3-6-14(2)17(13)11-4-12-18-15-7-9-16-10-8-15/h13-16H,3-12H2,1-2H3. The summed E-state index contributed by atoms with van der Waals surface area (Å²) in [6.07, 6.45) is 8.25. The van der Waals surface area contributed by atoms with Crippen molar-refractivity contribution in [2.75, 3.05) is 26.2 Å². The van der Waals surface area contributed by atoms with Gasteiger partial charge in [0.1, 0.15) is 0 Å². The van der Waals surface area contributed by atoms with Crippen molar-refractivity contribution in [2.45, 2.75) is 70.6 Å². The molecule has 2 aliphatic heterocycles. The van der Waals surface area contributed by atoms with Gasteiger partial charge in [-0.2, -0.15) is 0 Å². The molecule has 18 heavy (non-hydrogen) atoms. The van der Waals surface area contributed by atoms with Crippen LogP contribution in [0.15, 0.2) is 0 Å². The van der Waals surface area contributed by atoms with Crippen LogP contribution in [0.25, 0.3) is 0 Å².